The normalized spacial score (nSPS) is 11.3. The van der Waals surface area contributed by atoms with Gasteiger partial charge < -0.3 is 14.1 Å². The number of aromatic nitrogens is 2. The Balaban J connectivity index is 1.58. The number of furan rings is 1. The second kappa shape index (κ2) is 8.16. The van der Waals surface area contributed by atoms with Gasteiger partial charge in [-0.25, -0.2) is 4.79 Å². The Hall–Kier alpha value is -4.88. The van der Waals surface area contributed by atoms with Gasteiger partial charge in [-0.2, -0.15) is 10.5 Å². The first kappa shape index (κ1) is 21.9. The van der Waals surface area contributed by atoms with Crippen LogP contribution in [0.25, 0.3) is 44.6 Å². The van der Waals surface area contributed by atoms with E-state index in [1.165, 1.54) is 0 Å². The highest BCUT2D eigenvalue weighted by Crippen LogP contribution is 2.33. The third-order valence-corrected chi connectivity index (χ3v) is 5.48. The lowest BCUT2D eigenvalue weighted by Crippen LogP contribution is -2.24. The summed E-state index contributed by atoms with van der Waals surface area (Å²) in [5.74, 6) is 0.150. The highest BCUT2D eigenvalue weighted by molar-refractivity contribution is 6.10. The molecule has 5 aromatic rings. The topological polar surface area (TPSA) is 116 Å². The fourth-order valence-corrected chi connectivity index (χ4v) is 3.93. The number of pyridine rings is 1. The zero-order valence-electron chi connectivity index (χ0n) is 19.3. The number of nitrogens with one attached hydrogen (secondary N) is 1. The van der Waals surface area contributed by atoms with Crippen LogP contribution < -0.4 is 0 Å². The predicted molar refractivity (Wildman–Crippen MR) is 131 cm³/mol. The van der Waals surface area contributed by atoms with Crippen LogP contribution in [0.3, 0.4) is 0 Å². The number of hydrogen-bond acceptors (Lipinski definition) is 6. The van der Waals surface area contributed by atoms with Gasteiger partial charge in [-0.3, -0.25) is 4.98 Å². The van der Waals surface area contributed by atoms with Crippen LogP contribution >= 0.6 is 0 Å². The van der Waals surface area contributed by atoms with E-state index < -0.39 is 11.6 Å². The molecule has 7 heteroatoms. The molecule has 0 aliphatic rings. The minimum Gasteiger partial charge on any atom is -0.456 e. The number of aromatic amines is 1. The summed E-state index contributed by atoms with van der Waals surface area (Å²) in [6.07, 6.45) is 1.67. The molecule has 0 saturated heterocycles. The maximum Gasteiger partial charge on any atom is 0.341 e. The number of H-pyrrole nitrogens is 1. The third kappa shape index (κ3) is 4.12. The molecule has 7 nitrogen and oxygen atoms in total. The van der Waals surface area contributed by atoms with Gasteiger partial charge in [0.15, 0.2) is 0 Å². The highest BCUT2D eigenvalue weighted by atomic mass is 16.6. The molecule has 0 aliphatic carbocycles. The number of benzene rings is 2. The lowest BCUT2D eigenvalue weighted by atomic mass is 10.1. The Labute approximate surface area is 201 Å². The van der Waals surface area contributed by atoms with E-state index in [1.54, 1.807) is 42.6 Å². The first-order valence-electron chi connectivity index (χ1n) is 11.0. The van der Waals surface area contributed by atoms with Gasteiger partial charge in [0.05, 0.1) is 40.2 Å². The second-order valence-electron chi connectivity index (χ2n) is 9.16. The van der Waals surface area contributed by atoms with Crippen LogP contribution in [0.5, 0.6) is 0 Å². The Kier molecular flexibility index (Phi) is 5.12. The molecule has 5 rings (SSSR count). The Morgan fingerprint density at radius 3 is 2.43 bits per heavy atom. The fraction of sp³-hybridized carbons (Fsp3) is 0.143. The molecule has 0 fully saturated rings. The summed E-state index contributed by atoms with van der Waals surface area (Å²) in [4.78, 5) is 21.0. The van der Waals surface area contributed by atoms with Crippen molar-refractivity contribution in [2.24, 2.45) is 0 Å². The van der Waals surface area contributed by atoms with Gasteiger partial charge in [-0.05, 0) is 69.3 Å². The monoisotopic (exact) mass is 460 g/mol. The minimum atomic E-state index is -0.672. The first-order valence-corrected chi connectivity index (χ1v) is 11.0. The van der Waals surface area contributed by atoms with Crippen molar-refractivity contribution >= 4 is 27.8 Å². The lowest BCUT2D eigenvalue weighted by Gasteiger charge is -2.19. The number of ether oxygens (including phenoxy) is 1. The van der Waals surface area contributed by atoms with Crippen molar-refractivity contribution in [3.63, 3.8) is 0 Å². The third-order valence-electron chi connectivity index (χ3n) is 5.48. The molecule has 0 aliphatic heterocycles. The predicted octanol–water partition coefficient (Wildman–Crippen LogP) is 6.34. The summed E-state index contributed by atoms with van der Waals surface area (Å²) in [7, 11) is 0. The summed E-state index contributed by atoms with van der Waals surface area (Å²) < 4.78 is 11.6. The molecule has 0 atom stereocenters. The number of esters is 1. The summed E-state index contributed by atoms with van der Waals surface area (Å²) in [5, 5.41) is 19.9. The molecule has 0 amide bonds. The number of nitriles is 2. The van der Waals surface area contributed by atoms with Crippen molar-refractivity contribution in [2.75, 3.05) is 0 Å². The van der Waals surface area contributed by atoms with Crippen molar-refractivity contribution in [2.45, 2.75) is 26.4 Å². The standard InChI is InChI=1S/C28H20N4O3/c1-28(2,3)35-27(33)25-20-8-5-16(13-29)10-22(20)32-26(25)21-9-7-19(15-31-21)24-12-18-6-4-17(14-30)11-23(18)34-24/h4-12,15,32H,1-3H3. The SMILES string of the molecule is CC(C)(C)OC(=O)c1c(-c2ccc(-c3cc4ccc(C#N)cc4o3)cn2)[nH]c2cc(C#N)ccc12. The average Bonchev–Trinajstić information content (AvgIpc) is 3.43. The van der Waals surface area contributed by atoms with Gasteiger partial charge in [0, 0.05) is 28.0 Å². The molecule has 170 valence electrons. The maximum absolute atomic E-state index is 13.2. The number of nitrogens with zero attached hydrogens (tertiary/aromatic N) is 3. The van der Waals surface area contributed by atoms with E-state index in [2.05, 4.69) is 22.1 Å². The van der Waals surface area contributed by atoms with E-state index in [1.807, 2.05) is 39.0 Å². The van der Waals surface area contributed by atoms with Crippen LogP contribution in [0.2, 0.25) is 0 Å². The summed E-state index contributed by atoms with van der Waals surface area (Å²) in [5.41, 5.74) is 3.79. The van der Waals surface area contributed by atoms with Gasteiger partial charge in [-0.1, -0.05) is 6.07 Å². The van der Waals surface area contributed by atoms with Gasteiger partial charge in [0.2, 0.25) is 0 Å². The van der Waals surface area contributed by atoms with Crippen LogP contribution in [0.4, 0.5) is 0 Å². The number of carbonyl (C=O) groups is 1. The molecule has 3 aromatic heterocycles. The molecule has 35 heavy (non-hydrogen) atoms. The largest absolute Gasteiger partial charge is 0.456 e. The molecule has 2 aromatic carbocycles. The van der Waals surface area contributed by atoms with Crippen LogP contribution in [0.15, 0.2) is 65.2 Å². The smallest absolute Gasteiger partial charge is 0.341 e. The maximum atomic E-state index is 13.2. The van der Waals surface area contributed by atoms with Gasteiger partial charge in [0.1, 0.15) is 16.9 Å². The van der Waals surface area contributed by atoms with Gasteiger partial charge >= 0.3 is 5.97 Å². The fourth-order valence-electron chi connectivity index (χ4n) is 3.93. The van der Waals surface area contributed by atoms with E-state index in [9.17, 15) is 10.1 Å². The van der Waals surface area contributed by atoms with Crippen molar-refractivity contribution in [1.29, 1.82) is 10.5 Å². The molecule has 0 spiro atoms. The number of fused-ring (bicyclic) bond motifs is 2. The number of carbonyl (C=O) groups excluding carboxylic acids is 1. The summed E-state index contributed by atoms with van der Waals surface area (Å²) in [6.45, 7) is 5.44. The molecule has 0 saturated carbocycles. The van der Waals surface area contributed by atoms with Crippen molar-refractivity contribution < 1.29 is 13.9 Å². The number of rotatable bonds is 3. The minimum absolute atomic E-state index is 0.368. The highest BCUT2D eigenvalue weighted by Gasteiger charge is 2.26. The Bertz CT molecular complexity index is 1690. The van der Waals surface area contributed by atoms with E-state index >= 15 is 0 Å². The summed E-state index contributed by atoms with van der Waals surface area (Å²) in [6, 6.07) is 20.2. The molecule has 0 bridgehead atoms. The van der Waals surface area contributed by atoms with Gasteiger partial charge in [-0.15, -0.1) is 0 Å². The number of hydrogen-bond donors (Lipinski definition) is 1. The second-order valence-corrected chi connectivity index (χ2v) is 9.16. The van der Waals surface area contributed by atoms with E-state index in [4.69, 9.17) is 14.4 Å². The van der Waals surface area contributed by atoms with Crippen LogP contribution in [-0.4, -0.2) is 21.5 Å². The van der Waals surface area contributed by atoms with E-state index in [0.717, 1.165) is 10.9 Å². The van der Waals surface area contributed by atoms with Crippen LogP contribution in [0, 0.1) is 22.7 Å². The molecular formula is C28H20N4O3. The first-order chi connectivity index (χ1) is 16.8. The zero-order chi connectivity index (χ0) is 24.7. The van der Waals surface area contributed by atoms with E-state index in [-0.39, 0.29) is 0 Å². The van der Waals surface area contributed by atoms with Crippen LogP contribution in [0.1, 0.15) is 42.3 Å². The molecule has 0 radical (unpaired) electrons. The lowest BCUT2D eigenvalue weighted by molar-refractivity contribution is 0.00727. The molecule has 3 heterocycles. The van der Waals surface area contributed by atoms with E-state index in [0.29, 0.717) is 50.3 Å². The Morgan fingerprint density at radius 2 is 1.74 bits per heavy atom. The van der Waals surface area contributed by atoms with Crippen molar-refractivity contribution in [1.82, 2.24) is 9.97 Å². The van der Waals surface area contributed by atoms with Crippen molar-refractivity contribution in [3.05, 3.63) is 77.5 Å². The molecule has 1 N–H and O–H groups in total. The molecular weight excluding hydrogens is 440 g/mol. The zero-order valence-corrected chi connectivity index (χ0v) is 19.3. The van der Waals surface area contributed by atoms with Crippen molar-refractivity contribution in [3.8, 4) is 34.8 Å². The molecule has 0 unspecified atom stereocenters. The quantitative estimate of drug-likeness (QED) is 0.314. The van der Waals surface area contributed by atoms with Crippen LogP contribution in [-0.2, 0) is 4.74 Å². The average molecular weight is 460 g/mol. The van der Waals surface area contributed by atoms with Gasteiger partial charge in [0.25, 0.3) is 0 Å². The summed E-state index contributed by atoms with van der Waals surface area (Å²) >= 11 is 0. The Morgan fingerprint density at radius 1 is 1.00 bits per heavy atom.